The van der Waals surface area contributed by atoms with Crippen molar-refractivity contribution in [2.24, 2.45) is 0 Å². The molecule has 106 valence electrons. The van der Waals surface area contributed by atoms with Crippen LogP contribution in [0, 0.1) is 0 Å². The van der Waals surface area contributed by atoms with Crippen LogP contribution in [0.5, 0.6) is 0 Å². The lowest BCUT2D eigenvalue weighted by Crippen LogP contribution is -2.07. The Morgan fingerprint density at radius 2 is 2.29 bits per heavy atom. The number of esters is 1. The second-order valence-corrected chi connectivity index (χ2v) is 4.19. The highest BCUT2D eigenvalue weighted by molar-refractivity contribution is 6.00. The van der Waals surface area contributed by atoms with Crippen molar-refractivity contribution in [1.82, 2.24) is 24.6 Å². The first kappa shape index (κ1) is 13.0. The lowest BCUT2D eigenvalue weighted by atomic mass is 10.2. The molecule has 0 atom stereocenters. The van der Waals surface area contributed by atoms with Gasteiger partial charge >= 0.3 is 5.97 Å². The molecule has 0 amide bonds. The van der Waals surface area contributed by atoms with Crippen LogP contribution < -0.4 is 5.73 Å². The molecule has 0 saturated heterocycles. The number of anilines is 1. The lowest BCUT2D eigenvalue weighted by Gasteiger charge is -2.02. The minimum Gasteiger partial charge on any atom is -0.462 e. The number of carbonyl (C=O) groups is 1. The minimum absolute atomic E-state index is 0.0841. The molecule has 0 fully saturated rings. The van der Waals surface area contributed by atoms with Gasteiger partial charge in [-0.1, -0.05) is 0 Å². The van der Waals surface area contributed by atoms with Crippen molar-refractivity contribution in [3.8, 4) is 11.3 Å². The molecular formula is C13H12N6O2. The highest BCUT2D eigenvalue weighted by atomic mass is 16.5. The number of nitrogen functional groups attached to an aromatic ring is 1. The van der Waals surface area contributed by atoms with Crippen molar-refractivity contribution < 1.29 is 9.53 Å². The van der Waals surface area contributed by atoms with Gasteiger partial charge in [-0.05, 0) is 13.0 Å². The van der Waals surface area contributed by atoms with Crippen molar-refractivity contribution in [2.75, 3.05) is 12.3 Å². The van der Waals surface area contributed by atoms with Crippen molar-refractivity contribution in [3.63, 3.8) is 0 Å². The summed E-state index contributed by atoms with van der Waals surface area (Å²) >= 11 is 0. The fourth-order valence-electron chi connectivity index (χ4n) is 1.94. The van der Waals surface area contributed by atoms with Crippen LogP contribution in [0.15, 0.2) is 31.0 Å². The molecule has 3 rings (SSSR count). The molecular weight excluding hydrogens is 272 g/mol. The molecule has 8 heteroatoms. The Bertz CT molecular complexity index is 799. The molecule has 0 spiro atoms. The number of rotatable bonds is 3. The summed E-state index contributed by atoms with van der Waals surface area (Å²) in [5.74, 6) is -0.451. The van der Waals surface area contributed by atoms with Gasteiger partial charge in [0.1, 0.15) is 11.9 Å². The van der Waals surface area contributed by atoms with Crippen LogP contribution in [0.2, 0.25) is 0 Å². The van der Waals surface area contributed by atoms with Crippen LogP contribution in [0.1, 0.15) is 17.3 Å². The Labute approximate surface area is 119 Å². The van der Waals surface area contributed by atoms with E-state index in [4.69, 9.17) is 10.5 Å². The highest BCUT2D eigenvalue weighted by Gasteiger charge is 2.20. The average Bonchev–Trinajstić information content (AvgIpc) is 2.83. The molecule has 0 aliphatic carbocycles. The van der Waals surface area contributed by atoms with Crippen LogP contribution in [0.3, 0.4) is 0 Å². The average molecular weight is 284 g/mol. The van der Waals surface area contributed by atoms with Crippen molar-refractivity contribution in [3.05, 3.63) is 36.5 Å². The molecule has 21 heavy (non-hydrogen) atoms. The van der Waals surface area contributed by atoms with E-state index in [1.165, 1.54) is 10.8 Å². The summed E-state index contributed by atoms with van der Waals surface area (Å²) in [6.07, 6.45) is 6.38. The van der Waals surface area contributed by atoms with E-state index in [2.05, 4.69) is 20.1 Å². The molecule has 3 aromatic heterocycles. The van der Waals surface area contributed by atoms with Gasteiger partial charge in [0.15, 0.2) is 11.5 Å². The normalized spacial score (nSPS) is 10.7. The highest BCUT2D eigenvalue weighted by Crippen LogP contribution is 2.20. The zero-order valence-corrected chi connectivity index (χ0v) is 11.2. The predicted molar refractivity (Wildman–Crippen MR) is 74.4 cm³/mol. The van der Waals surface area contributed by atoms with E-state index in [0.29, 0.717) is 11.3 Å². The van der Waals surface area contributed by atoms with Gasteiger partial charge in [-0.25, -0.2) is 24.3 Å². The van der Waals surface area contributed by atoms with Gasteiger partial charge in [-0.2, -0.15) is 0 Å². The van der Waals surface area contributed by atoms with Crippen molar-refractivity contribution in [1.29, 1.82) is 0 Å². The number of nitrogens with two attached hydrogens (primary N) is 1. The Hall–Kier alpha value is -3.03. The zero-order valence-electron chi connectivity index (χ0n) is 11.2. The van der Waals surface area contributed by atoms with Crippen LogP contribution >= 0.6 is 0 Å². The fraction of sp³-hybridized carbons (Fsp3) is 0.154. The van der Waals surface area contributed by atoms with Gasteiger partial charge in [0, 0.05) is 24.2 Å². The fourth-order valence-corrected chi connectivity index (χ4v) is 1.94. The number of hydrogen-bond acceptors (Lipinski definition) is 7. The summed E-state index contributed by atoms with van der Waals surface area (Å²) in [5, 5.41) is 4.09. The first-order valence-corrected chi connectivity index (χ1v) is 6.28. The predicted octanol–water partition coefficient (Wildman–Crippen LogP) is 0.945. The largest absolute Gasteiger partial charge is 0.462 e. The first-order chi connectivity index (χ1) is 10.2. The number of hydrogen-bond donors (Lipinski definition) is 1. The summed E-state index contributed by atoms with van der Waals surface area (Å²) in [7, 11) is 0. The maximum Gasteiger partial charge on any atom is 0.345 e. The van der Waals surface area contributed by atoms with Crippen LogP contribution in [-0.4, -0.2) is 37.1 Å². The van der Waals surface area contributed by atoms with Gasteiger partial charge < -0.3 is 10.5 Å². The number of ether oxygens (including phenoxy) is 1. The van der Waals surface area contributed by atoms with Crippen molar-refractivity contribution >= 4 is 17.4 Å². The van der Waals surface area contributed by atoms with E-state index in [-0.39, 0.29) is 18.0 Å². The van der Waals surface area contributed by atoms with Gasteiger partial charge in [0.05, 0.1) is 12.3 Å². The third-order valence-corrected chi connectivity index (χ3v) is 2.86. The van der Waals surface area contributed by atoms with Crippen LogP contribution in [0.4, 0.5) is 5.82 Å². The summed E-state index contributed by atoms with van der Waals surface area (Å²) < 4.78 is 6.40. The number of aromatic nitrogens is 5. The summed E-state index contributed by atoms with van der Waals surface area (Å²) in [6.45, 7) is 1.98. The molecule has 3 aromatic rings. The molecule has 8 nitrogen and oxygen atoms in total. The standard InChI is InChI=1S/C13H12N6O2/c1-2-21-13(20)10-11(14)18-19-6-8(5-16-12(10)19)9-3-4-15-7-17-9/h3-7H,2H2,1H3,(H2,14,18). The third-order valence-electron chi connectivity index (χ3n) is 2.86. The second kappa shape index (κ2) is 5.16. The number of nitrogens with zero attached hydrogens (tertiary/aromatic N) is 5. The zero-order chi connectivity index (χ0) is 14.8. The number of carbonyl (C=O) groups excluding carboxylic acids is 1. The molecule has 0 radical (unpaired) electrons. The Morgan fingerprint density at radius 1 is 1.43 bits per heavy atom. The quantitative estimate of drug-likeness (QED) is 0.713. The molecule has 0 saturated carbocycles. The van der Waals surface area contributed by atoms with E-state index in [9.17, 15) is 4.79 Å². The first-order valence-electron chi connectivity index (χ1n) is 6.28. The van der Waals surface area contributed by atoms with E-state index in [1.54, 1.807) is 31.6 Å². The van der Waals surface area contributed by atoms with E-state index >= 15 is 0 Å². The molecule has 0 unspecified atom stereocenters. The molecule has 3 heterocycles. The smallest absolute Gasteiger partial charge is 0.345 e. The molecule has 0 bridgehead atoms. The third kappa shape index (κ3) is 2.27. The van der Waals surface area contributed by atoms with E-state index in [0.717, 1.165) is 5.56 Å². The summed E-state index contributed by atoms with van der Waals surface area (Å²) in [5.41, 5.74) is 7.74. The Balaban J connectivity index is 2.11. The Kier molecular flexibility index (Phi) is 3.19. The van der Waals surface area contributed by atoms with Gasteiger partial charge in [-0.15, -0.1) is 5.10 Å². The maximum absolute atomic E-state index is 11.9. The summed E-state index contributed by atoms with van der Waals surface area (Å²) in [6, 6.07) is 1.75. The second-order valence-electron chi connectivity index (χ2n) is 4.19. The topological polar surface area (TPSA) is 108 Å². The molecule has 0 aliphatic heterocycles. The number of fused-ring (bicyclic) bond motifs is 1. The van der Waals surface area contributed by atoms with Gasteiger partial charge in [0.25, 0.3) is 0 Å². The summed E-state index contributed by atoms with van der Waals surface area (Å²) in [4.78, 5) is 24.1. The minimum atomic E-state index is -0.535. The molecule has 0 aromatic carbocycles. The van der Waals surface area contributed by atoms with Crippen molar-refractivity contribution in [2.45, 2.75) is 6.92 Å². The maximum atomic E-state index is 11.9. The van der Waals surface area contributed by atoms with Crippen LogP contribution in [0.25, 0.3) is 16.9 Å². The lowest BCUT2D eigenvalue weighted by molar-refractivity contribution is 0.0529. The van der Waals surface area contributed by atoms with Crippen LogP contribution in [-0.2, 0) is 4.74 Å². The Morgan fingerprint density at radius 3 is 3.00 bits per heavy atom. The molecule has 2 N–H and O–H groups in total. The molecule has 0 aliphatic rings. The van der Waals surface area contributed by atoms with Gasteiger partial charge in [-0.3, -0.25) is 0 Å². The van der Waals surface area contributed by atoms with E-state index in [1.807, 2.05) is 0 Å². The van der Waals surface area contributed by atoms with Gasteiger partial charge in [0.2, 0.25) is 0 Å². The monoisotopic (exact) mass is 284 g/mol. The van der Waals surface area contributed by atoms with E-state index < -0.39 is 5.97 Å². The SMILES string of the molecule is CCOC(=O)c1c(N)nn2cc(-c3ccncn3)cnc12.